The van der Waals surface area contributed by atoms with E-state index in [4.69, 9.17) is 39.5 Å². The van der Waals surface area contributed by atoms with Crippen molar-refractivity contribution in [1.82, 2.24) is 0 Å². The molecule has 0 saturated heterocycles. The molecular weight excluding hydrogens is 317 g/mol. The standard InChI is InChI=1S/C13H9Cl3O2.Na.H/c14-13(15,16)8-12(17)18-11-7-3-5-9-4-1-2-6-10(9)11;;/h1-7H,8H2;;/q;+1;-1. The van der Waals surface area contributed by atoms with Gasteiger partial charge in [0.05, 0.1) is 6.42 Å². The molecular formula is C13H10Cl3NaO2. The fraction of sp³-hybridized carbons (Fsp3) is 0.154. The number of esters is 1. The summed E-state index contributed by atoms with van der Waals surface area (Å²) in [5, 5.41) is 1.83. The van der Waals surface area contributed by atoms with Crippen molar-refractivity contribution < 1.29 is 40.5 Å². The summed E-state index contributed by atoms with van der Waals surface area (Å²) in [5.74, 6) is -0.112. The Morgan fingerprint density at radius 1 is 1.11 bits per heavy atom. The van der Waals surface area contributed by atoms with Gasteiger partial charge < -0.3 is 6.16 Å². The van der Waals surface area contributed by atoms with E-state index in [1.54, 1.807) is 12.1 Å². The van der Waals surface area contributed by atoms with Crippen LogP contribution in [0.2, 0.25) is 0 Å². The van der Waals surface area contributed by atoms with E-state index in [0.717, 1.165) is 10.8 Å². The van der Waals surface area contributed by atoms with Gasteiger partial charge in [-0.05, 0) is 11.5 Å². The third kappa shape index (κ3) is 5.14. The Bertz CT molecular complexity index is 582. The fourth-order valence-corrected chi connectivity index (χ4v) is 1.93. The second-order valence-corrected chi connectivity index (χ2v) is 6.26. The second kappa shape index (κ2) is 7.16. The summed E-state index contributed by atoms with van der Waals surface area (Å²) >= 11 is 16.6. The number of alkyl halides is 3. The van der Waals surface area contributed by atoms with Crippen molar-refractivity contribution in [2.24, 2.45) is 0 Å². The molecule has 0 aromatic heterocycles. The van der Waals surface area contributed by atoms with Crippen molar-refractivity contribution in [3.63, 3.8) is 0 Å². The number of hydrogen-bond acceptors (Lipinski definition) is 2. The molecule has 0 unspecified atom stereocenters. The predicted octanol–water partition coefficient (Wildman–Crippen LogP) is 1.62. The Kier molecular flexibility index (Phi) is 6.44. The minimum Gasteiger partial charge on any atom is -1.00 e. The minimum atomic E-state index is -1.64. The maximum Gasteiger partial charge on any atom is 1.00 e. The van der Waals surface area contributed by atoms with Crippen LogP contribution in [0.5, 0.6) is 5.75 Å². The van der Waals surface area contributed by atoms with E-state index >= 15 is 0 Å². The molecule has 0 aliphatic rings. The van der Waals surface area contributed by atoms with Gasteiger partial charge in [-0.15, -0.1) is 0 Å². The van der Waals surface area contributed by atoms with Gasteiger partial charge in [0.1, 0.15) is 5.75 Å². The van der Waals surface area contributed by atoms with E-state index in [2.05, 4.69) is 0 Å². The van der Waals surface area contributed by atoms with Crippen LogP contribution >= 0.6 is 34.8 Å². The number of ether oxygens (including phenoxy) is 1. The van der Waals surface area contributed by atoms with E-state index < -0.39 is 9.76 Å². The molecule has 0 aliphatic carbocycles. The van der Waals surface area contributed by atoms with Crippen molar-refractivity contribution in [3.8, 4) is 5.75 Å². The molecule has 0 heterocycles. The molecule has 2 rings (SSSR count). The quantitative estimate of drug-likeness (QED) is 0.363. The summed E-state index contributed by atoms with van der Waals surface area (Å²) < 4.78 is 3.57. The molecule has 19 heavy (non-hydrogen) atoms. The van der Waals surface area contributed by atoms with Gasteiger partial charge in [0.2, 0.25) is 3.79 Å². The molecule has 0 N–H and O–H groups in total. The average Bonchev–Trinajstić information content (AvgIpc) is 2.27. The van der Waals surface area contributed by atoms with Crippen molar-refractivity contribution in [2.45, 2.75) is 10.2 Å². The van der Waals surface area contributed by atoms with Gasteiger partial charge in [0.15, 0.2) is 0 Å². The van der Waals surface area contributed by atoms with Crippen molar-refractivity contribution >= 4 is 51.5 Å². The van der Waals surface area contributed by atoms with E-state index in [-0.39, 0.29) is 37.4 Å². The van der Waals surface area contributed by atoms with Gasteiger partial charge in [0.25, 0.3) is 0 Å². The zero-order chi connectivity index (χ0) is 13.2. The molecule has 0 bridgehead atoms. The van der Waals surface area contributed by atoms with Crippen LogP contribution in [0.15, 0.2) is 42.5 Å². The van der Waals surface area contributed by atoms with Gasteiger partial charge in [-0.25, -0.2) is 0 Å². The van der Waals surface area contributed by atoms with Crippen LogP contribution < -0.4 is 34.3 Å². The van der Waals surface area contributed by atoms with E-state index in [1.165, 1.54) is 0 Å². The Balaban J connectivity index is 0.00000180. The summed E-state index contributed by atoms with van der Waals surface area (Å²) in [6.07, 6.45) is -0.291. The smallest absolute Gasteiger partial charge is 1.00 e. The summed E-state index contributed by atoms with van der Waals surface area (Å²) in [4.78, 5) is 11.6. The van der Waals surface area contributed by atoms with Crippen LogP contribution in [0, 0.1) is 0 Å². The first-order chi connectivity index (χ1) is 8.46. The van der Waals surface area contributed by atoms with E-state index in [1.807, 2.05) is 30.3 Å². The van der Waals surface area contributed by atoms with Crippen molar-refractivity contribution in [3.05, 3.63) is 42.5 Å². The minimum absolute atomic E-state index is 0. The third-order valence-electron chi connectivity index (χ3n) is 2.32. The maximum absolute atomic E-state index is 11.6. The first-order valence-corrected chi connectivity index (χ1v) is 6.34. The Labute approximate surface area is 149 Å². The molecule has 0 aliphatic heterocycles. The number of halogens is 3. The molecule has 96 valence electrons. The molecule has 2 aromatic carbocycles. The number of carbonyl (C=O) groups is 1. The summed E-state index contributed by atoms with van der Waals surface area (Å²) in [7, 11) is 0. The zero-order valence-corrected chi connectivity index (χ0v) is 14.5. The van der Waals surface area contributed by atoms with Gasteiger partial charge in [0, 0.05) is 5.39 Å². The van der Waals surface area contributed by atoms with Crippen LogP contribution in [-0.2, 0) is 4.79 Å². The van der Waals surface area contributed by atoms with Crippen LogP contribution in [0.3, 0.4) is 0 Å². The first-order valence-electron chi connectivity index (χ1n) is 5.21. The summed E-state index contributed by atoms with van der Waals surface area (Å²) in [6.45, 7) is 0. The molecule has 0 radical (unpaired) electrons. The SMILES string of the molecule is O=C(CC(Cl)(Cl)Cl)Oc1cccc2ccccc12.[H-].[Na+]. The van der Waals surface area contributed by atoms with Crippen LogP contribution in [0.4, 0.5) is 0 Å². The Hall–Kier alpha value is 0.0400. The summed E-state index contributed by atoms with van der Waals surface area (Å²) in [6, 6.07) is 13.0. The molecule has 0 spiro atoms. The van der Waals surface area contributed by atoms with Crippen LogP contribution in [0.1, 0.15) is 7.85 Å². The number of hydrogen-bond donors (Lipinski definition) is 0. The first kappa shape index (κ1) is 17.1. The Morgan fingerprint density at radius 2 is 1.74 bits per heavy atom. The van der Waals surface area contributed by atoms with Gasteiger partial charge in [-0.1, -0.05) is 71.2 Å². The van der Waals surface area contributed by atoms with Crippen molar-refractivity contribution in [2.75, 3.05) is 0 Å². The predicted molar refractivity (Wildman–Crippen MR) is 75.6 cm³/mol. The van der Waals surface area contributed by atoms with Crippen molar-refractivity contribution in [1.29, 1.82) is 0 Å². The molecule has 2 aromatic rings. The van der Waals surface area contributed by atoms with Gasteiger partial charge in [-0.3, -0.25) is 4.79 Å². The maximum atomic E-state index is 11.6. The molecule has 0 saturated carbocycles. The van der Waals surface area contributed by atoms with Crippen LogP contribution in [-0.4, -0.2) is 9.76 Å². The number of benzene rings is 2. The van der Waals surface area contributed by atoms with E-state index in [0.29, 0.717) is 5.75 Å². The largest absolute Gasteiger partial charge is 1.00 e. The van der Waals surface area contributed by atoms with Gasteiger partial charge >= 0.3 is 35.5 Å². The molecule has 0 amide bonds. The number of carbonyl (C=O) groups excluding carboxylic acids is 1. The van der Waals surface area contributed by atoms with Gasteiger partial charge in [-0.2, -0.15) is 0 Å². The van der Waals surface area contributed by atoms with E-state index in [9.17, 15) is 4.79 Å². The Morgan fingerprint density at radius 3 is 2.42 bits per heavy atom. The van der Waals surface area contributed by atoms with Crippen LogP contribution in [0.25, 0.3) is 10.8 Å². The molecule has 2 nitrogen and oxygen atoms in total. The average molecular weight is 328 g/mol. The molecule has 0 fully saturated rings. The summed E-state index contributed by atoms with van der Waals surface area (Å²) in [5.41, 5.74) is 0. The fourth-order valence-electron chi connectivity index (χ4n) is 1.61. The molecule has 0 atom stereocenters. The topological polar surface area (TPSA) is 26.3 Å². The monoisotopic (exact) mass is 326 g/mol. The third-order valence-corrected chi connectivity index (χ3v) is 2.72. The zero-order valence-electron chi connectivity index (χ0n) is 11.2. The second-order valence-electron chi connectivity index (χ2n) is 3.74. The number of fused-ring (bicyclic) bond motifs is 1. The normalized spacial score (nSPS) is 10.9. The number of rotatable bonds is 2. The molecule has 6 heteroatoms.